The molecule has 0 radical (unpaired) electrons. The number of nitrogens with one attached hydrogen (secondary N) is 1. The molecule has 0 amide bonds. The summed E-state index contributed by atoms with van der Waals surface area (Å²) < 4.78 is 7.30. The second-order valence-electron chi connectivity index (χ2n) is 8.43. The average molecular weight is 409 g/mol. The summed E-state index contributed by atoms with van der Waals surface area (Å²) in [6.45, 7) is 1.89. The van der Waals surface area contributed by atoms with Crippen molar-refractivity contribution in [2.45, 2.75) is 57.0 Å². The summed E-state index contributed by atoms with van der Waals surface area (Å²) in [5.74, 6) is 1.52. The number of nitrogens with zero attached hydrogens (tertiary/aromatic N) is 5. The third kappa shape index (κ3) is 3.49. The van der Waals surface area contributed by atoms with E-state index in [9.17, 15) is 4.79 Å². The number of piperidine rings is 1. The fourth-order valence-corrected chi connectivity index (χ4v) is 4.99. The molecule has 1 aliphatic heterocycles. The standard InChI is InChI=1S/C22H28N6O2/c1-30-17-10-9-15-13-18(22(29)23-19(15)14-17)20(27-11-5-2-6-12-27)21-24-25-26-28(21)16-7-3-4-8-16/h9-10,13-14,16,20H,2-8,11-12H2,1H3,(H,23,29)/t20-/m1/s1. The predicted octanol–water partition coefficient (Wildman–Crippen LogP) is 3.21. The molecule has 30 heavy (non-hydrogen) atoms. The minimum Gasteiger partial charge on any atom is -0.497 e. The van der Waals surface area contributed by atoms with Crippen LogP contribution in [0.25, 0.3) is 10.9 Å². The van der Waals surface area contributed by atoms with Crippen molar-refractivity contribution in [1.82, 2.24) is 30.1 Å². The number of tetrazole rings is 1. The first kappa shape index (κ1) is 19.2. The van der Waals surface area contributed by atoms with Crippen LogP contribution in [0, 0.1) is 0 Å². The lowest BCUT2D eigenvalue weighted by molar-refractivity contribution is 0.174. The predicted molar refractivity (Wildman–Crippen MR) is 114 cm³/mol. The first-order chi connectivity index (χ1) is 14.7. The molecule has 1 saturated heterocycles. The van der Waals surface area contributed by atoms with Gasteiger partial charge in [-0.1, -0.05) is 19.3 Å². The van der Waals surface area contributed by atoms with Gasteiger partial charge in [0.15, 0.2) is 5.82 Å². The van der Waals surface area contributed by atoms with Gasteiger partial charge in [-0.05, 0) is 72.8 Å². The summed E-state index contributed by atoms with van der Waals surface area (Å²) >= 11 is 0. The van der Waals surface area contributed by atoms with E-state index in [1.54, 1.807) is 7.11 Å². The molecule has 0 unspecified atom stereocenters. The third-order valence-corrected chi connectivity index (χ3v) is 6.57. The van der Waals surface area contributed by atoms with E-state index < -0.39 is 0 Å². The summed E-state index contributed by atoms with van der Waals surface area (Å²) in [6.07, 6.45) is 8.09. The van der Waals surface area contributed by atoms with E-state index in [1.807, 2.05) is 28.9 Å². The van der Waals surface area contributed by atoms with Crippen LogP contribution in [0.3, 0.4) is 0 Å². The van der Waals surface area contributed by atoms with Crippen molar-refractivity contribution < 1.29 is 4.74 Å². The van der Waals surface area contributed by atoms with E-state index in [1.165, 1.54) is 19.3 Å². The number of H-pyrrole nitrogens is 1. The summed E-state index contributed by atoms with van der Waals surface area (Å²) in [6, 6.07) is 7.85. The maximum Gasteiger partial charge on any atom is 0.253 e. The van der Waals surface area contributed by atoms with Crippen LogP contribution in [0.1, 0.15) is 68.4 Å². The third-order valence-electron chi connectivity index (χ3n) is 6.57. The zero-order chi connectivity index (χ0) is 20.5. The quantitative estimate of drug-likeness (QED) is 0.697. The van der Waals surface area contributed by atoms with Crippen molar-refractivity contribution in [3.8, 4) is 5.75 Å². The van der Waals surface area contributed by atoms with E-state index in [0.29, 0.717) is 11.6 Å². The van der Waals surface area contributed by atoms with Crippen LogP contribution in [-0.2, 0) is 0 Å². The van der Waals surface area contributed by atoms with Crippen molar-refractivity contribution in [1.29, 1.82) is 0 Å². The van der Waals surface area contributed by atoms with Gasteiger partial charge in [-0.2, -0.15) is 0 Å². The van der Waals surface area contributed by atoms with Crippen LogP contribution < -0.4 is 10.3 Å². The fraction of sp³-hybridized carbons (Fsp3) is 0.545. The molecule has 1 saturated carbocycles. The number of hydrogen-bond acceptors (Lipinski definition) is 6. The number of hydrogen-bond donors (Lipinski definition) is 1. The Balaban J connectivity index is 1.63. The molecular weight excluding hydrogens is 380 g/mol. The molecule has 2 aromatic heterocycles. The van der Waals surface area contributed by atoms with E-state index >= 15 is 0 Å². The molecule has 158 valence electrons. The van der Waals surface area contributed by atoms with E-state index in [4.69, 9.17) is 4.74 Å². The molecule has 3 aromatic rings. The van der Waals surface area contributed by atoms with E-state index in [2.05, 4.69) is 25.4 Å². The molecule has 1 aromatic carbocycles. The minimum atomic E-state index is -0.240. The largest absolute Gasteiger partial charge is 0.497 e. The maximum atomic E-state index is 13.2. The Morgan fingerprint density at radius 2 is 1.90 bits per heavy atom. The highest BCUT2D eigenvalue weighted by molar-refractivity contribution is 5.80. The fourth-order valence-electron chi connectivity index (χ4n) is 4.99. The Labute approximate surface area is 175 Å². The van der Waals surface area contributed by atoms with E-state index in [0.717, 1.165) is 61.2 Å². The number of ether oxygens (including phenoxy) is 1. The van der Waals surface area contributed by atoms with Crippen LogP contribution >= 0.6 is 0 Å². The zero-order valence-corrected chi connectivity index (χ0v) is 17.4. The Morgan fingerprint density at radius 1 is 1.10 bits per heavy atom. The number of benzene rings is 1. The number of fused-ring (bicyclic) bond motifs is 1. The summed E-state index contributed by atoms with van der Waals surface area (Å²) in [5, 5.41) is 13.8. The van der Waals surface area contributed by atoms with Crippen molar-refractivity contribution >= 4 is 10.9 Å². The highest BCUT2D eigenvalue weighted by atomic mass is 16.5. The van der Waals surface area contributed by atoms with Gasteiger partial charge in [0.05, 0.1) is 18.7 Å². The van der Waals surface area contributed by atoms with Gasteiger partial charge in [0.25, 0.3) is 5.56 Å². The molecule has 5 rings (SSSR count). The van der Waals surface area contributed by atoms with Crippen molar-refractivity contribution in [3.05, 3.63) is 46.0 Å². The summed E-state index contributed by atoms with van der Waals surface area (Å²) in [5.41, 5.74) is 1.40. The second-order valence-corrected chi connectivity index (χ2v) is 8.43. The number of aromatic nitrogens is 5. The van der Waals surface area contributed by atoms with E-state index in [-0.39, 0.29) is 11.6 Å². The SMILES string of the molecule is COc1ccc2cc([C@H](c3nnnn3C3CCCC3)N3CCCCC3)c(=O)[nH]c2c1. The first-order valence-electron chi connectivity index (χ1n) is 11.0. The molecule has 1 aliphatic carbocycles. The number of likely N-dealkylation sites (tertiary alicyclic amines) is 1. The Morgan fingerprint density at radius 3 is 2.67 bits per heavy atom. The normalized spacial score (nSPS) is 19.4. The number of rotatable bonds is 5. The number of aromatic amines is 1. The van der Waals surface area contributed by atoms with Crippen LogP contribution in [0.4, 0.5) is 0 Å². The molecule has 2 fully saturated rings. The lowest BCUT2D eigenvalue weighted by atomic mass is 10.00. The Bertz CT molecular complexity index is 1080. The van der Waals surface area contributed by atoms with Crippen LogP contribution in [-0.4, -0.2) is 50.3 Å². The van der Waals surface area contributed by atoms with Crippen molar-refractivity contribution in [2.75, 3.05) is 20.2 Å². The number of methoxy groups -OCH3 is 1. The molecule has 8 nitrogen and oxygen atoms in total. The minimum absolute atomic E-state index is 0.0905. The van der Waals surface area contributed by atoms with Crippen LogP contribution in [0.2, 0.25) is 0 Å². The molecule has 3 heterocycles. The summed E-state index contributed by atoms with van der Waals surface area (Å²) in [4.78, 5) is 18.7. The van der Waals surface area contributed by atoms with Crippen molar-refractivity contribution in [3.63, 3.8) is 0 Å². The average Bonchev–Trinajstić information content (AvgIpc) is 3.47. The first-order valence-corrected chi connectivity index (χ1v) is 11.0. The smallest absolute Gasteiger partial charge is 0.253 e. The van der Waals surface area contributed by atoms with Gasteiger partial charge in [-0.15, -0.1) is 5.10 Å². The van der Waals surface area contributed by atoms with Gasteiger partial charge in [0, 0.05) is 11.6 Å². The Hall–Kier alpha value is -2.74. The van der Waals surface area contributed by atoms with Crippen LogP contribution in [0.15, 0.2) is 29.1 Å². The summed E-state index contributed by atoms with van der Waals surface area (Å²) in [7, 11) is 1.63. The second kappa shape index (κ2) is 8.18. The van der Waals surface area contributed by atoms with Crippen molar-refractivity contribution in [2.24, 2.45) is 0 Å². The highest BCUT2D eigenvalue weighted by Gasteiger charge is 2.33. The monoisotopic (exact) mass is 408 g/mol. The molecule has 0 spiro atoms. The van der Waals surface area contributed by atoms with Crippen LogP contribution in [0.5, 0.6) is 5.75 Å². The van der Waals surface area contributed by atoms with Gasteiger partial charge in [-0.3, -0.25) is 9.69 Å². The van der Waals surface area contributed by atoms with Gasteiger partial charge in [0.2, 0.25) is 0 Å². The topological polar surface area (TPSA) is 88.9 Å². The Kier molecular flexibility index (Phi) is 5.25. The number of pyridine rings is 1. The molecule has 2 aliphatic rings. The molecule has 1 N–H and O–H groups in total. The molecular formula is C22H28N6O2. The van der Waals surface area contributed by atoms with Gasteiger partial charge in [-0.25, -0.2) is 4.68 Å². The maximum absolute atomic E-state index is 13.2. The van der Waals surface area contributed by atoms with Gasteiger partial charge >= 0.3 is 0 Å². The molecule has 8 heteroatoms. The lowest BCUT2D eigenvalue weighted by Gasteiger charge is -2.34. The molecule has 0 bridgehead atoms. The lowest BCUT2D eigenvalue weighted by Crippen LogP contribution is -2.38. The zero-order valence-electron chi connectivity index (χ0n) is 17.4. The molecule has 1 atom stereocenters. The van der Waals surface area contributed by atoms with Gasteiger partial charge < -0.3 is 9.72 Å². The van der Waals surface area contributed by atoms with Gasteiger partial charge in [0.1, 0.15) is 11.8 Å². The highest BCUT2D eigenvalue weighted by Crippen LogP contribution is 2.34.